The van der Waals surface area contributed by atoms with E-state index in [2.05, 4.69) is 33.4 Å². The average molecular weight is 275 g/mol. The molecule has 0 aromatic heterocycles. The second-order valence-electron chi connectivity index (χ2n) is 3.75. The Bertz CT molecular complexity index is 301. The molecule has 1 aliphatic heterocycles. The molecule has 1 aromatic rings. The Hall–Kier alpha value is -0.0500. The minimum atomic E-state index is 0.624. The maximum atomic E-state index is 6.02. The van der Waals surface area contributed by atoms with E-state index in [1.54, 1.807) is 0 Å². The van der Waals surface area contributed by atoms with E-state index in [1.807, 2.05) is 6.07 Å². The standard InChI is InChI=1S/C11H13BrClN/c12-10-4-9(5-11(13)6-10)8-2-1-3-14-7-8/h4-6,8,14H,1-3,7H2. The van der Waals surface area contributed by atoms with Crippen molar-refractivity contribution >= 4 is 27.5 Å². The van der Waals surface area contributed by atoms with Crippen LogP contribution in [0.3, 0.4) is 0 Å². The van der Waals surface area contributed by atoms with Crippen molar-refractivity contribution in [2.24, 2.45) is 0 Å². The number of piperidine rings is 1. The summed E-state index contributed by atoms with van der Waals surface area (Å²) in [5.41, 5.74) is 1.34. The molecule has 1 nitrogen and oxygen atoms in total. The maximum Gasteiger partial charge on any atom is 0.0420 e. The molecule has 0 bridgehead atoms. The molecule has 76 valence electrons. The smallest absolute Gasteiger partial charge is 0.0420 e. The minimum absolute atomic E-state index is 0.624. The lowest BCUT2D eigenvalue weighted by atomic mass is 9.92. The van der Waals surface area contributed by atoms with Crippen LogP contribution in [-0.2, 0) is 0 Å². The summed E-state index contributed by atoms with van der Waals surface area (Å²) in [6.45, 7) is 2.23. The van der Waals surface area contributed by atoms with Gasteiger partial charge >= 0.3 is 0 Å². The molecule has 3 heteroatoms. The molecule has 1 fully saturated rings. The zero-order valence-electron chi connectivity index (χ0n) is 7.89. The van der Waals surface area contributed by atoms with E-state index in [0.717, 1.165) is 22.6 Å². The van der Waals surface area contributed by atoms with Crippen molar-refractivity contribution in [1.29, 1.82) is 0 Å². The Kier molecular flexibility index (Phi) is 3.47. The molecule has 0 aliphatic carbocycles. The molecule has 14 heavy (non-hydrogen) atoms. The normalized spacial score (nSPS) is 22.3. The van der Waals surface area contributed by atoms with Gasteiger partial charge in [-0.15, -0.1) is 0 Å². The van der Waals surface area contributed by atoms with Gasteiger partial charge in [-0.3, -0.25) is 0 Å². The summed E-state index contributed by atoms with van der Waals surface area (Å²) in [5, 5.41) is 4.23. The van der Waals surface area contributed by atoms with Crippen molar-refractivity contribution in [3.05, 3.63) is 33.3 Å². The molecular formula is C11H13BrClN. The molecule has 1 saturated heterocycles. The van der Waals surface area contributed by atoms with Crippen LogP contribution in [0.2, 0.25) is 5.02 Å². The van der Waals surface area contributed by atoms with Gasteiger partial charge < -0.3 is 5.32 Å². The van der Waals surface area contributed by atoms with Crippen LogP contribution in [-0.4, -0.2) is 13.1 Å². The number of benzene rings is 1. The van der Waals surface area contributed by atoms with Crippen molar-refractivity contribution in [2.45, 2.75) is 18.8 Å². The number of rotatable bonds is 1. The Labute approximate surface area is 98.0 Å². The van der Waals surface area contributed by atoms with Gasteiger partial charge in [0.05, 0.1) is 0 Å². The zero-order valence-corrected chi connectivity index (χ0v) is 10.2. The van der Waals surface area contributed by atoms with Gasteiger partial charge in [-0.2, -0.15) is 0 Å². The number of hydrogen-bond acceptors (Lipinski definition) is 1. The van der Waals surface area contributed by atoms with Gasteiger partial charge in [0.25, 0.3) is 0 Å². The molecule has 1 unspecified atom stereocenters. The van der Waals surface area contributed by atoms with E-state index in [1.165, 1.54) is 18.4 Å². The van der Waals surface area contributed by atoms with Gasteiger partial charge in [0.2, 0.25) is 0 Å². The quantitative estimate of drug-likeness (QED) is 0.825. The highest BCUT2D eigenvalue weighted by molar-refractivity contribution is 9.10. The van der Waals surface area contributed by atoms with Crippen LogP contribution in [0.1, 0.15) is 24.3 Å². The van der Waals surface area contributed by atoms with Gasteiger partial charge in [-0.1, -0.05) is 27.5 Å². The Morgan fingerprint density at radius 1 is 1.36 bits per heavy atom. The van der Waals surface area contributed by atoms with Crippen LogP contribution in [0.25, 0.3) is 0 Å². The van der Waals surface area contributed by atoms with E-state index < -0.39 is 0 Å². The zero-order chi connectivity index (χ0) is 9.97. The molecule has 1 heterocycles. The molecule has 2 rings (SSSR count). The molecule has 1 atom stereocenters. The van der Waals surface area contributed by atoms with Crippen LogP contribution >= 0.6 is 27.5 Å². The van der Waals surface area contributed by atoms with E-state index in [9.17, 15) is 0 Å². The first-order chi connectivity index (χ1) is 6.75. The molecule has 0 spiro atoms. The summed E-state index contributed by atoms with van der Waals surface area (Å²) in [6.07, 6.45) is 2.52. The van der Waals surface area contributed by atoms with Gasteiger partial charge in [-0.25, -0.2) is 0 Å². The lowest BCUT2D eigenvalue weighted by Crippen LogP contribution is -2.28. The monoisotopic (exact) mass is 273 g/mol. The Morgan fingerprint density at radius 2 is 2.21 bits per heavy atom. The van der Waals surface area contributed by atoms with Gasteiger partial charge in [0, 0.05) is 16.0 Å². The fourth-order valence-corrected chi connectivity index (χ4v) is 2.83. The molecule has 1 aromatic carbocycles. The first-order valence-electron chi connectivity index (χ1n) is 4.92. The third-order valence-electron chi connectivity index (χ3n) is 2.65. The van der Waals surface area contributed by atoms with Crippen molar-refractivity contribution in [2.75, 3.05) is 13.1 Å². The lowest BCUT2D eigenvalue weighted by molar-refractivity contribution is 0.461. The Balaban J connectivity index is 2.21. The van der Waals surface area contributed by atoms with Crippen LogP contribution < -0.4 is 5.32 Å². The summed E-state index contributed by atoms with van der Waals surface area (Å²) in [5.74, 6) is 0.624. The topological polar surface area (TPSA) is 12.0 Å². The van der Waals surface area contributed by atoms with Crippen LogP contribution in [0.4, 0.5) is 0 Å². The average Bonchev–Trinajstić information content (AvgIpc) is 2.18. The van der Waals surface area contributed by atoms with E-state index in [4.69, 9.17) is 11.6 Å². The number of hydrogen-bond donors (Lipinski definition) is 1. The van der Waals surface area contributed by atoms with Crippen LogP contribution in [0.15, 0.2) is 22.7 Å². The predicted molar refractivity (Wildman–Crippen MR) is 64.0 cm³/mol. The third-order valence-corrected chi connectivity index (χ3v) is 3.33. The van der Waals surface area contributed by atoms with Crippen molar-refractivity contribution in [1.82, 2.24) is 5.32 Å². The van der Waals surface area contributed by atoms with Crippen molar-refractivity contribution in [3.63, 3.8) is 0 Å². The van der Waals surface area contributed by atoms with E-state index in [0.29, 0.717) is 5.92 Å². The highest BCUT2D eigenvalue weighted by Gasteiger charge is 2.15. The van der Waals surface area contributed by atoms with Crippen LogP contribution in [0.5, 0.6) is 0 Å². The number of nitrogens with one attached hydrogen (secondary N) is 1. The Morgan fingerprint density at radius 3 is 2.86 bits per heavy atom. The number of halogens is 2. The summed E-state index contributed by atoms with van der Waals surface area (Å²) in [4.78, 5) is 0. The highest BCUT2D eigenvalue weighted by Crippen LogP contribution is 2.28. The second kappa shape index (κ2) is 4.65. The van der Waals surface area contributed by atoms with Gasteiger partial charge in [-0.05, 0) is 49.1 Å². The van der Waals surface area contributed by atoms with Gasteiger partial charge in [0.1, 0.15) is 0 Å². The summed E-state index contributed by atoms with van der Waals surface area (Å²) in [7, 11) is 0. The summed E-state index contributed by atoms with van der Waals surface area (Å²) in [6, 6.07) is 6.18. The molecule has 1 aliphatic rings. The van der Waals surface area contributed by atoms with Gasteiger partial charge in [0.15, 0.2) is 0 Å². The molecule has 0 saturated carbocycles. The summed E-state index contributed by atoms with van der Waals surface area (Å²) < 4.78 is 1.07. The molecule has 1 N–H and O–H groups in total. The first-order valence-corrected chi connectivity index (χ1v) is 6.09. The fraction of sp³-hybridized carbons (Fsp3) is 0.455. The third kappa shape index (κ3) is 2.50. The SMILES string of the molecule is Clc1cc(Br)cc(C2CCCNC2)c1. The van der Waals surface area contributed by atoms with Crippen molar-refractivity contribution < 1.29 is 0 Å². The van der Waals surface area contributed by atoms with E-state index in [-0.39, 0.29) is 0 Å². The maximum absolute atomic E-state index is 6.02. The van der Waals surface area contributed by atoms with Crippen LogP contribution in [0, 0.1) is 0 Å². The first kappa shape index (κ1) is 10.5. The summed E-state index contributed by atoms with van der Waals surface area (Å²) >= 11 is 9.49. The highest BCUT2D eigenvalue weighted by atomic mass is 79.9. The minimum Gasteiger partial charge on any atom is -0.316 e. The lowest BCUT2D eigenvalue weighted by Gasteiger charge is -2.23. The largest absolute Gasteiger partial charge is 0.316 e. The second-order valence-corrected chi connectivity index (χ2v) is 5.10. The molecule has 0 amide bonds. The van der Waals surface area contributed by atoms with Crippen molar-refractivity contribution in [3.8, 4) is 0 Å². The fourth-order valence-electron chi connectivity index (χ4n) is 1.95. The predicted octanol–water partition coefficient (Wildman–Crippen LogP) is 3.57. The van der Waals surface area contributed by atoms with E-state index >= 15 is 0 Å². The molecule has 0 radical (unpaired) electrons. The molecular weight excluding hydrogens is 261 g/mol.